The van der Waals surface area contributed by atoms with Crippen molar-refractivity contribution in [2.45, 2.75) is 31.7 Å². The molecule has 3 N–H and O–H groups in total. The van der Waals surface area contributed by atoms with Crippen LogP contribution in [-0.2, 0) is 6.54 Å². The first-order chi connectivity index (χ1) is 9.35. The fourth-order valence-corrected chi connectivity index (χ4v) is 2.25. The van der Waals surface area contributed by atoms with Crippen molar-refractivity contribution in [2.24, 2.45) is 5.73 Å². The summed E-state index contributed by atoms with van der Waals surface area (Å²) in [6.07, 6.45) is 3.82. The topological polar surface area (TPSA) is 63.8 Å². The number of benzene rings is 1. The van der Waals surface area contributed by atoms with E-state index >= 15 is 0 Å². The largest absolute Gasteiger partial charge is 0.339 e. The molecule has 1 aliphatic rings. The molecule has 1 saturated carbocycles. The minimum absolute atomic E-state index is 0.543. The van der Waals surface area contributed by atoms with Crippen molar-refractivity contribution in [3.8, 4) is 0 Å². The van der Waals surface area contributed by atoms with Crippen LogP contribution >= 0.6 is 0 Å². The number of nitrogens with one attached hydrogen (secondary N) is 1. The maximum atomic E-state index is 5.63. The number of hydrogen-bond donors (Lipinski definition) is 2. The molecule has 4 heteroatoms. The summed E-state index contributed by atoms with van der Waals surface area (Å²) in [4.78, 5) is 0. The van der Waals surface area contributed by atoms with Gasteiger partial charge in [-0.05, 0) is 42.7 Å². The Bertz CT molecular complexity index is 546. The number of nitrogens with zero attached hydrogens (tertiary/aromatic N) is 2. The first-order valence-corrected chi connectivity index (χ1v) is 6.75. The average Bonchev–Trinajstić information content (AvgIpc) is 2.39. The van der Waals surface area contributed by atoms with Gasteiger partial charge in [-0.3, -0.25) is 0 Å². The van der Waals surface area contributed by atoms with E-state index in [1.807, 2.05) is 30.3 Å². The van der Waals surface area contributed by atoms with E-state index in [-0.39, 0.29) is 0 Å². The molecule has 0 amide bonds. The van der Waals surface area contributed by atoms with Gasteiger partial charge in [0.1, 0.15) is 0 Å². The van der Waals surface area contributed by atoms with E-state index in [1.165, 1.54) is 19.3 Å². The van der Waals surface area contributed by atoms with E-state index in [9.17, 15) is 0 Å². The maximum Gasteiger partial charge on any atom is 0.153 e. The summed E-state index contributed by atoms with van der Waals surface area (Å²) in [7, 11) is 0. The number of nitrogens with two attached hydrogens (primary N) is 1. The van der Waals surface area contributed by atoms with Crippen LogP contribution in [0.15, 0.2) is 36.4 Å². The van der Waals surface area contributed by atoms with Crippen molar-refractivity contribution in [2.75, 3.05) is 5.32 Å². The summed E-state index contributed by atoms with van der Waals surface area (Å²) in [5.74, 6) is 1.40. The lowest BCUT2D eigenvalue weighted by molar-refractivity contribution is 0.408. The molecular formula is C15H18N4. The Morgan fingerprint density at radius 2 is 2.05 bits per heavy atom. The highest BCUT2D eigenvalue weighted by Crippen LogP contribution is 2.35. The van der Waals surface area contributed by atoms with Gasteiger partial charge in [0.2, 0.25) is 0 Å². The molecule has 1 heterocycles. The highest BCUT2D eigenvalue weighted by molar-refractivity contribution is 5.56. The number of anilines is 2. The quantitative estimate of drug-likeness (QED) is 0.880. The predicted molar refractivity (Wildman–Crippen MR) is 76.2 cm³/mol. The van der Waals surface area contributed by atoms with Gasteiger partial charge in [-0.25, -0.2) is 0 Å². The highest BCUT2D eigenvalue weighted by atomic mass is 15.2. The molecule has 0 atom stereocenters. The highest BCUT2D eigenvalue weighted by Gasteiger charge is 2.20. The fraction of sp³-hybridized carbons (Fsp3) is 0.333. The lowest BCUT2D eigenvalue weighted by Gasteiger charge is -2.24. The Hall–Kier alpha value is -1.94. The molecule has 0 saturated heterocycles. The Morgan fingerprint density at radius 3 is 2.68 bits per heavy atom. The molecule has 2 aromatic rings. The van der Waals surface area contributed by atoms with Crippen LogP contribution in [0.2, 0.25) is 0 Å². The lowest BCUT2D eigenvalue weighted by Crippen LogP contribution is -2.11. The molecule has 0 bridgehead atoms. The normalized spacial score (nSPS) is 15.0. The summed E-state index contributed by atoms with van der Waals surface area (Å²) in [6, 6.07) is 12.1. The van der Waals surface area contributed by atoms with E-state index in [2.05, 4.69) is 21.6 Å². The summed E-state index contributed by atoms with van der Waals surface area (Å²) in [6.45, 7) is 0.543. The van der Waals surface area contributed by atoms with E-state index < -0.39 is 0 Å². The predicted octanol–water partition coefficient (Wildman–Crippen LogP) is 2.95. The molecule has 0 radical (unpaired) electrons. The SMILES string of the molecule is NCc1cccc(Nc2ccc(C3CCC3)nn2)c1. The third kappa shape index (κ3) is 2.74. The molecule has 0 unspecified atom stereocenters. The van der Waals surface area contributed by atoms with Gasteiger partial charge in [0, 0.05) is 18.2 Å². The van der Waals surface area contributed by atoms with Crippen molar-refractivity contribution in [1.82, 2.24) is 10.2 Å². The second-order valence-electron chi connectivity index (χ2n) is 5.00. The minimum Gasteiger partial charge on any atom is -0.339 e. The maximum absolute atomic E-state index is 5.63. The van der Waals surface area contributed by atoms with Gasteiger partial charge in [0.15, 0.2) is 5.82 Å². The van der Waals surface area contributed by atoms with E-state index in [0.29, 0.717) is 12.5 Å². The second kappa shape index (κ2) is 5.36. The van der Waals surface area contributed by atoms with Gasteiger partial charge in [-0.2, -0.15) is 5.10 Å². The van der Waals surface area contributed by atoms with Crippen LogP contribution in [0.5, 0.6) is 0 Å². The lowest BCUT2D eigenvalue weighted by atomic mass is 9.83. The monoisotopic (exact) mass is 254 g/mol. The molecular weight excluding hydrogens is 236 g/mol. The van der Waals surface area contributed by atoms with Gasteiger partial charge in [0.05, 0.1) is 5.69 Å². The molecule has 98 valence electrons. The molecule has 19 heavy (non-hydrogen) atoms. The molecule has 0 aliphatic heterocycles. The molecule has 3 rings (SSSR count). The zero-order chi connectivity index (χ0) is 13.1. The molecule has 1 fully saturated rings. The van der Waals surface area contributed by atoms with E-state index in [1.54, 1.807) is 0 Å². The number of hydrogen-bond acceptors (Lipinski definition) is 4. The summed E-state index contributed by atoms with van der Waals surface area (Å²) < 4.78 is 0. The van der Waals surface area contributed by atoms with E-state index in [4.69, 9.17) is 5.73 Å². The van der Waals surface area contributed by atoms with Crippen LogP contribution < -0.4 is 11.1 Å². The Balaban J connectivity index is 1.71. The zero-order valence-electron chi connectivity index (χ0n) is 10.8. The Kier molecular flexibility index (Phi) is 3.42. The van der Waals surface area contributed by atoms with E-state index in [0.717, 1.165) is 22.8 Å². The van der Waals surface area contributed by atoms with Crippen molar-refractivity contribution >= 4 is 11.5 Å². The third-order valence-electron chi connectivity index (χ3n) is 3.64. The standard InChI is InChI=1S/C15H18N4/c16-10-11-3-1-6-13(9-11)17-15-8-7-14(18-19-15)12-4-2-5-12/h1,3,6-9,12H,2,4-5,10,16H2,(H,17,19). The van der Waals surface area contributed by atoms with Crippen LogP contribution in [-0.4, -0.2) is 10.2 Å². The molecule has 0 spiro atoms. The van der Waals surface area contributed by atoms with Gasteiger partial charge in [-0.15, -0.1) is 5.10 Å². The summed E-state index contributed by atoms with van der Waals surface area (Å²) in [5.41, 5.74) is 8.84. The Labute approximate surface area is 113 Å². The average molecular weight is 254 g/mol. The summed E-state index contributed by atoms with van der Waals surface area (Å²) >= 11 is 0. The van der Waals surface area contributed by atoms with Gasteiger partial charge in [-0.1, -0.05) is 18.6 Å². The smallest absolute Gasteiger partial charge is 0.153 e. The molecule has 1 aromatic carbocycles. The van der Waals surface area contributed by atoms with Crippen LogP contribution in [0.25, 0.3) is 0 Å². The second-order valence-corrected chi connectivity index (χ2v) is 5.00. The Morgan fingerprint density at radius 1 is 1.16 bits per heavy atom. The number of rotatable bonds is 4. The van der Waals surface area contributed by atoms with Gasteiger partial charge in [0.25, 0.3) is 0 Å². The first-order valence-electron chi connectivity index (χ1n) is 6.75. The zero-order valence-corrected chi connectivity index (χ0v) is 10.8. The van der Waals surface area contributed by atoms with Crippen molar-refractivity contribution in [1.29, 1.82) is 0 Å². The van der Waals surface area contributed by atoms with Crippen LogP contribution in [0.4, 0.5) is 11.5 Å². The minimum atomic E-state index is 0.543. The van der Waals surface area contributed by atoms with Crippen LogP contribution in [0, 0.1) is 0 Å². The molecule has 1 aliphatic carbocycles. The van der Waals surface area contributed by atoms with Gasteiger partial charge < -0.3 is 11.1 Å². The number of aromatic nitrogens is 2. The first kappa shape index (κ1) is 12.1. The van der Waals surface area contributed by atoms with Gasteiger partial charge >= 0.3 is 0 Å². The summed E-state index contributed by atoms with van der Waals surface area (Å²) in [5, 5.41) is 11.8. The molecule has 1 aromatic heterocycles. The molecule has 4 nitrogen and oxygen atoms in total. The third-order valence-corrected chi connectivity index (χ3v) is 3.64. The fourth-order valence-electron chi connectivity index (χ4n) is 2.25. The van der Waals surface area contributed by atoms with Crippen LogP contribution in [0.3, 0.4) is 0 Å². The van der Waals surface area contributed by atoms with Crippen molar-refractivity contribution < 1.29 is 0 Å². The van der Waals surface area contributed by atoms with Crippen molar-refractivity contribution in [3.05, 3.63) is 47.7 Å². The van der Waals surface area contributed by atoms with Crippen LogP contribution in [0.1, 0.15) is 36.4 Å². The van der Waals surface area contributed by atoms with Crippen molar-refractivity contribution in [3.63, 3.8) is 0 Å².